The number of anilines is 2. The topological polar surface area (TPSA) is 42.1 Å². The van der Waals surface area contributed by atoms with Gasteiger partial charge in [-0.15, -0.1) is 0 Å². The van der Waals surface area contributed by atoms with Crippen LogP contribution in [0.5, 0.6) is 0 Å². The van der Waals surface area contributed by atoms with Crippen LogP contribution in [-0.4, -0.2) is 11.5 Å². The molecule has 4 rings (SSSR count). The molecule has 0 unspecified atom stereocenters. The van der Waals surface area contributed by atoms with Crippen molar-refractivity contribution in [2.24, 2.45) is 0 Å². The molecular formula is C18H17N3. The van der Waals surface area contributed by atoms with E-state index in [0.717, 1.165) is 36.4 Å². The minimum Gasteiger partial charge on any atom is -0.399 e. The first-order chi connectivity index (χ1) is 10.3. The average Bonchev–Trinajstić information content (AvgIpc) is 2.54. The molecule has 104 valence electrons. The molecule has 0 radical (unpaired) electrons. The molecule has 0 spiro atoms. The molecule has 0 amide bonds. The first kappa shape index (κ1) is 12.2. The maximum atomic E-state index is 5.95. The van der Waals surface area contributed by atoms with Crippen molar-refractivity contribution >= 4 is 22.3 Å². The van der Waals surface area contributed by atoms with Crippen molar-refractivity contribution < 1.29 is 0 Å². The number of hydrogen-bond donors (Lipinski definition) is 1. The van der Waals surface area contributed by atoms with Crippen LogP contribution >= 0.6 is 0 Å². The maximum absolute atomic E-state index is 5.95. The van der Waals surface area contributed by atoms with Crippen LogP contribution in [0.1, 0.15) is 11.1 Å². The van der Waals surface area contributed by atoms with Gasteiger partial charge < -0.3 is 10.6 Å². The van der Waals surface area contributed by atoms with Gasteiger partial charge in [0.2, 0.25) is 0 Å². The summed E-state index contributed by atoms with van der Waals surface area (Å²) in [6.07, 6.45) is 2.95. The average molecular weight is 275 g/mol. The van der Waals surface area contributed by atoms with Gasteiger partial charge in [-0.2, -0.15) is 0 Å². The third kappa shape index (κ3) is 2.11. The summed E-state index contributed by atoms with van der Waals surface area (Å²) in [7, 11) is 0. The molecule has 0 fully saturated rings. The second kappa shape index (κ2) is 4.77. The fourth-order valence-corrected chi connectivity index (χ4v) is 3.10. The number of nitrogens with zero attached hydrogens (tertiary/aromatic N) is 2. The van der Waals surface area contributed by atoms with Crippen LogP contribution in [0.25, 0.3) is 10.8 Å². The quantitative estimate of drug-likeness (QED) is 0.692. The number of rotatable bonds is 1. The van der Waals surface area contributed by atoms with Crippen LogP contribution in [0.15, 0.2) is 54.7 Å². The van der Waals surface area contributed by atoms with Gasteiger partial charge in [-0.3, -0.25) is 0 Å². The highest BCUT2D eigenvalue weighted by molar-refractivity contribution is 5.94. The van der Waals surface area contributed by atoms with Gasteiger partial charge in [0.1, 0.15) is 5.82 Å². The predicted molar refractivity (Wildman–Crippen MR) is 87.4 cm³/mol. The third-order valence-electron chi connectivity index (χ3n) is 4.20. The summed E-state index contributed by atoms with van der Waals surface area (Å²) in [5.74, 6) is 1.04. The summed E-state index contributed by atoms with van der Waals surface area (Å²) in [5.41, 5.74) is 9.59. The largest absolute Gasteiger partial charge is 0.399 e. The number of fused-ring (bicyclic) bond motifs is 2. The molecule has 1 aliphatic heterocycles. The summed E-state index contributed by atoms with van der Waals surface area (Å²) in [5, 5.41) is 2.32. The molecule has 2 aromatic carbocycles. The Hall–Kier alpha value is -2.55. The van der Waals surface area contributed by atoms with Crippen LogP contribution in [0.3, 0.4) is 0 Å². The molecule has 0 bridgehead atoms. The zero-order valence-corrected chi connectivity index (χ0v) is 11.8. The van der Waals surface area contributed by atoms with E-state index in [9.17, 15) is 0 Å². The molecule has 1 aromatic heterocycles. The van der Waals surface area contributed by atoms with Crippen molar-refractivity contribution in [2.45, 2.75) is 13.0 Å². The van der Waals surface area contributed by atoms with E-state index in [0.29, 0.717) is 0 Å². The molecular weight excluding hydrogens is 258 g/mol. The smallest absolute Gasteiger partial charge is 0.136 e. The van der Waals surface area contributed by atoms with Gasteiger partial charge in [0.05, 0.1) is 0 Å². The molecule has 2 heterocycles. The molecule has 2 N–H and O–H groups in total. The van der Waals surface area contributed by atoms with Crippen molar-refractivity contribution in [3.8, 4) is 0 Å². The summed E-state index contributed by atoms with van der Waals surface area (Å²) in [4.78, 5) is 6.97. The first-order valence-electron chi connectivity index (χ1n) is 7.27. The Kier molecular flexibility index (Phi) is 2.78. The number of aromatic nitrogens is 1. The van der Waals surface area contributed by atoms with E-state index in [1.165, 1.54) is 16.5 Å². The lowest BCUT2D eigenvalue weighted by molar-refractivity contribution is 0.724. The number of hydrogen-bond acceptors (Lipinski definition) is 3. The molecule has 0 atom stereocenters. The van der Waals surface area contributed by atoms with E-state index in [2.05, 4.69) is 40.2 Å². The Morgan fingerprint density at radius 2 is 1.86 bits per heavy atom. The van der Waals surface area contributed by atoms with Crippen molar-refractivity contribution in [3.63, 3.8) is 0 Å². The molecule has 1 aliphatic rings. The van der Waals surface area contributed by atoms with Crippen molar-refractivity contribution in [1.82, 2.24) is 4.98 Å². The summed E-state index contributed by atoms with van der Waals surface area (Å²) < 4.78 is 0. The van der Waals surface area contributed by atoms with Crippen molar-refractivity contribution in [1.29, 1.82) is 0 Å². The Morgan fingerprint density at radius 1 is 1.00 bits per heavy atom. The van der Waals surface area contributed by atoms with E-state index in [-0.39, 0.29) is 0 Å². The lowest BCUT2D eigenvalue weighted by atomic mass is 9.99. The van der Waals surface area contributed by atoms with Gasteiger partial charge in [0, 0.05) is 30.4 Å². The van der Waals surface area contributed by atoms with Gasteiger partial charge >= 0.3 is 0 Å². The van der Waals surface area contributed by atoms with Crippen LogP contribution < -0.4 is 10.6 Å². The molecule has 0 saturated carbocycles. The Morgan fingerprint density at radius 3 is 2.76 bits per heavy atom. The van der Waals surface area contributed by atoms with E-state index < -0.39 is 0 Å². The summed E-state index contributed by atoms with van der Waals surface area (Å²) in [6, 6.07) is 16.7. The fraction of sp³-hybridized carbons (Fsp3) is 0.167. The minimum absolute atomic E-state index is 0.786. The standard InChI is InChI=1S/C18H17N3/c19-16-6-5-14-7-9-20-18(17(14)11-16)21-10-8-13-3-1-2-4-15(13)12-21/h1-7,9,11H,8,10,12,19H2. The van der Waals surface area contributed by atoms with Gasteiger partial charge in [-0.25, -0.2) is 4.98 Å². The highest BCUT2D eigenvalue weighted by atomic mass is 15.2. The zero-order valence-electron chi connectivity index (χ0n) is 11.8. The van der Waals surface area contributed by atoms with Gasteiger partial charge in [0.25, 0.3) is 0 Å². The van der Waals surface area contributed by atoms with Crippen LogP contribution in [-0.2, 0) is 13.0 Å². The van der Waals surface area contributed by atoms with Crippen LogP contribution in [0, 0.1) is 0 Å². The Balaban J connectivity index is 1.80. The summed E-state index contributed by atoms with van der Waals surface area (Å²) in [6.45, 7) is 1.91. The van der Waals surface area contributed by atoms with E-state index >= 15 is 0 Å². The molecule has 3 heteroatoms. The minimum atomic E-state index is 0.786. The molecule has 21 heavy (non-hydrogen) atoms. The zero-order chi connectivity index (χ0) is 14.2. The monoisotopic (exact) mass is 275 g/mol. The van der Waals surface area contributed by atoms with Gasteiger partial charge in [-0.05, 0) is 41.1 Å². The van der Waals surface area contributed by atoms with Crippen molar-refractivity contribution in [3.05, 3.63) is 65.9 Å². The van der Waals surface area contributed by atoms with Gasteiger partial charge in [0.15, 0.2) is 0 Å². The Labute approximate surface area is 124 Å². The maximum Gasteiger partial charge on any atom is 0.136 e. The fourth-order valence-electron chi connectivity index (χ4n) is 3.10. The normalized spacial score (nSPS) is 14.2. The predicted octanol–water partition coefficient (Wildman–Crippen LogP) is 3.38. The highest BCUT2D eigenvalue weighted by Crippen LogP contribution is 2.30. The summed E-state index contributed by atoms with van der Waals surface area (Å²) >= 11 is 0. The van der Waals surface area contributed by atoms with Crippen molar-refractivity contribution in [2.75, 3.05) is 17.2 Å². The molecule has 0 aliphatic carbocycles. The van der Waals surface area contributed by atoms with E-state index in [1.54, 1.807) is 0 Å². The second-order valence-electron chi connectivity index (χ2n) is 5.56. The first-order valence-corrected chi connectivity index (χ1v) is 7.27. The Bertz CT molecular complexity index is 810. The SMILES string of the molecule is Nc1ccc2ccnc(N3CCc4ccccc4C3)c2c1. The van der Waals surface area contributed by atoms with Crippen LogP contribution in [0.4, 0.5) is 11.5 Å². The second-order valence-corrected chi connectivity index (χ2v) is 5.56. The molecule has 0 saturated heterocycles. The number of nitrogen functional groups attached to an aromatic ring is 1. The molecule has 3 nitrogen and oxygen atoms in total. The van der Waals surface area contributed by atoms with E-state index in [1.807, 2.05) is 24.4 Å². The van der Waals surface area contributed by atoms with Crippen LogP contribution in [0.2, 0.25) is 0 Å². The number of pyridine rings is 1. The van der Waals surface area contributed by atoms with Gasteiger partial charge in [-0.1, -0.05) is 30.3 Å². The number of nitrogens with two attached hydrogens (primary N) is 1. The highest BCUT2D eigenvalue weighted by Gasteiger charge is 2.18. The lowest BCUT2D eigenvalue weighted by Crippen LogP contribution is -2.31. The van der Waals surface area contributed by atoms with E-state index in [4.69, 9.17) is 5.73 Å². The number of benzene rings is 2. The lowest BCUT2D eigenvalue weighted by Gasteiger charge is -2.30. The molecule has 3 aromatic rings. The third-order valence-corrected chi connectivity index (χ3v) is 4.20.